The molecule has 0 aliphatic heterocycles. The second-order valence-corrected chi connectivity index (χ2v) is 6.98. The second-order valence-electron chi connectivity index (χ2n) is 6.98. The first kappa shape index (κ1) is 20.6. The van der Waals surface area contributed by atoms with Gasteiger partial charge >= 0.3 is 0 Å². The maximum atomic E-state index is 4.54. The van der Waals surface area contributed by atoms with Crippen LogP contribution < -0.4 is 15.5 Å². The van der Waals surface area contributed by atoms with Crippen LogP contribution in [0.5, 0.6) is 0 Å². The van der Waals surface area contributed by atoms with E-state index in [-0.39, 0.29) is 0 Å². The first-order valence-electron chi connectivity index (χ1n) is 10.3. The lowest BCUT2D eigenvalue weighted by molar-refractivity contribution is 0.843. The third-order valence-electron chi connectivity index (χ3n) is 4.93. The van der Waals surface area contributed by atoms with E-state index in [1.54, 1.807) is 6.20 Å². The van der Waals surface area contributed by atoms with Crippen LogP contribution in [-0.4, -0.2) is 34.8 Å². The minimum absolute atomic E-state index is 0.542. The Bertz CT molecular complexity index is 893. The number of hydrogen-bond donors (Lipinski definition) is 2. The van der Waals surface area contributed by atoms with E-state index in [9.17, 15) is 0 Å². The zero-order valence-electron chi connectivity index (χ0n) is 17.5. The van der Waals surface area contributed by atoms with E-state index in [4.69, 9.17) is 0 Å². The topological polar surface area (TPSA) is 66.0 Å². The van der Waals surface area contributed by atoms with Crippen LogP contribution in [0, 0.1) is 6.92 Å². The fraction of sp³-hybridized carbons (Fsp3) is 0.348. The Balaban J connectivity index is 1.56. The average molecular weight is 391 g/mol. The molecular formula is C23H30N6. The Morgan fingerprint density at radius 1 is 1.00 bits per heavy atom. The van der Waals surface area contributed by atoms with Gasteiger partial charge in [0.1, 0.15) is 0 Å². The van der Waals surface area contributed by atoms with Crippen LogP contribution in [0.15, 0.2) is 54.7 Å². The SMILES string of the molecule is CCN(CC)c1ccc(Nc2cnnc(NCCCc3ccccc3)n2)c(C)c1. The molecule has 0 spiro atoms. The van der Waals surface area contributed by atoms with Crippen LogP contribution >= 0.6 is 0 Å². The molecule has 2 aromatic carbocycles. The van der Waals surface area contributed by atoms with E-state index < -0.39 is 0 Å². The van der Waals surface area contributed by atoms with Gasteiger partial charge in [-0.2, -0.15) is 10.1 Å². The Kier molecular flexibility index (Phi) is 7.39. The Hall–Kier alpha value is -3.15. The summed E-state index contributed by atoms with van der Waals surface area (Å²) in [7, 11) is 0. The van der Waals surface area contributed by atoms with E-state index >= 15 is 0 Å². The van der Waals surface area contributed by atoms with Gasteiger partial charge in [0.25, 0.3) is 0 Å². The van der Waals surface area contributed by atoms with Crippen molar-refractivity contribution in [2.24, 2.45) is 0 Å². The van der Waals surface area contributed by atoms with Gasteiger partial charge in [-0.3, -0.25) is 0 Å². The minimum Gasteiger partial charge on any atom is -0.372 e. The van der Waals surface area contributed by atoms with E-state index in [1.807, 2.05) is 6.07 Å². The van der Waals surface area contributed by atoms with Crippen molar-refractivity contribution in [3.8, 4) is 0 Å². The van der Waals surface area contributed by atoms with Crippen LogP contribution in [0.3, 0.4) is 0 Å². The summed E-state index contributed by atoms with van der Waals surface area (Å²) < 4.78 is 0. The Morgan fingerprint density at radius 2 is 1.79 bits per heavy atom. The molecule has 0 fully saturated rings. The summed E-state index contributed by atoms with van der Waals surface area (Å²) in [5.74, 6) is 1.23. The second kappa shape index (κ2) is 10.4. The lowest BCUT2D eigenvalue weighted by Crippen LogP contribution is -2.21. The van der Waals surface area contributed by atoms with E-state index in [0.717, 1.165) is 38.2 Å². The number of hydrogen-bond acceptors (Lipinski definition) is 6. The molecule has 1 aromatic heterocycles. The van der Waals surface area contributed by atoms with Gasteiger partial charge in [-0.1, -0.05) is 30.3 Å². The molecule has 6 heteroatoms. The van der Waals surface area contributed by atoms with Crippen molar-refractivity contribution in [2.75, 3.05) is 35.2 Å². The van der Waals surface area contributed by atoms with E-state index in [2.05, 4.69) is 94.0 Å². The highest BCUT2D eigenvalue weighted by Gasteiger charge is 2.07. The molecule has 0 unspecified atom stereocenters. The van der Waals surface area contributed by atoms with Crippen molar-refractivity contribution in [3.05, 3.63) is 65.9 Å². The zero-order chi connectivity index (χ0) is 20.5. The average Bonchev–Trinajstić information content (AvgIpc) is 2.75. The lowest BCUT2D eigenvalue weighted by atomic mass is 10.1. The molecular weight excluding hydrogens is 360 g/mol. The molecule has 0 atom stereocenters. The Morgan fingerprint density at radius 3 is 2.52 bits per heavy atom. The standard InChI is InChI=1S/C23H30N6/c1-4-29(5-2)20-13-14-21(18(3)16-20)26-22-17-25-28-23(27-22)24-15-9-12-19-10-7-6-8-11-19/h6-8,10-11,13-14,16-17H,4-5,9,12,15H2,1-3H3,(H2,24,26,27,28). The fourth-order valence-electron chi connectivity index (χ4n) is 3.29. The fourth-order valence-corrected chi connectivity index (χ4v) is 3.29. The zero-order valence-corrected chi connectivity index (χ0v) is 17.5. The lowest BCUT2D eigenvalue weighted by Gasteiger charge is -2.22. The molecule has 2 N–H and O–H groups in total. The molecule has 3 rings (SSSR count). The monoisotopic (exact) mass is 390 g/mol. The summed E-state index contributed by atoms with van der Waals surface area (Å²) >= 11 is 0. The molecule has 0 radical (unpaired) electrons. The maximum absolute atomic E-state index is 4.54. The van der Waals surface area contributed by atoms with Crippen molar-refractivity contribution < 1.29 is 0 Å². The van der Waals surface area contributed by atoms with Gasteiger partial charge in [0.15, 0.2) is 5.82 Å². The van der Waals surface area contributed by atoms with Gasteiger partial charge in [-0.05, 0) is 62.9 Å². The van der Waals surface area contributed by atoms with Crippen molar-refractivity contribution >= 4 is 23.1 Å². The van der Waals surface area contributed by atoms with Crippen LogP contribution in [0.4, 0.5) is 23.1 Å². The van der Waals surface area contributed by atoms with Gasteiger partial charge < -0.3 is 15.5 Å². The maximum Gasteiger partial charge on any atom is 0.244 e. The van der Waals surface area contributed by atoms with Crippen LogP contribution in [0.1, 0.15) is 31.4 Å². The van der Waals surface area contributed by atoms with Crippen molar-refractivity contribution in [3.63, 3.8) is 0 Å². The highest BCUT2D eigenvalue weighted by Crippen LogP contribution is 2.25. The van der Waals surface area contributed by atoms with Crippen molar-refractivity contribution in [1.82, 2.24) is 15.2 Å². The van der Waals surface area contributed by atoms with Gasteiger partial charge in [0.2, 0.25) is 5.95 Å². The van der Waals surface area contributed by atoms with Gasteiger partial charge in [0, 0.05) is 31.0 Å². The largest absolute Gasteiger partial charge is 0.372 e. The molecule has 0 bridgehead atoms. The van der Waals surface area contributed by atoms with Crippen LogP contribution in [0.25, 0.3) is 0 Å². The number of nitrogens with zero attached hydrogens (tertiary/aromatic N) is 4. The normalized spacial score (nSPS) is 10.6. The molecule has 152 valence electrons. The molecule has 0 saturated carbocycles. The summed E-state index contributed by atoms with van der Waals surface area (Å²) in [6, 6.07) is 16.9. The highest BCUT2D eigenvalue weighted by atomic mass is 15.3. The predicted octanol–water partition coefficient (Wildman–Crippen LogP) is 4.81. The smallest absolute Gasteiger partial charge is 0.244 e. The Labute approximate surface area is 173 Å². The molecule has 1 heterocycles. The van der Waals surface area contributed by atoms with Gasteiger partial charge in [0.05, 0.1) is 6.20 Å². The van der Waals surface area contributed by atoms with E-state index in [1.165, 1.54) is 16.8 Å². The number of aryl methyl sites for hydroxylation is 2. The van der Waals surface area contributed by atoms with Crippen molar-refractivity contribution in [1.29, 1.82) is 0 Å². The number of anilines is 4. The third kappa shape index (κ3) is 5.91. The predicted molar refractivity (Wildman–Crippen MR) is 121 cm³/mol. The van der Waals surface area contributed by atoms with Crippen molar-refractivity contribution in [2.45, 2.75) is 33.6 Å². The molecule has 0 amide bonds. The number of nitrogens with one attached hydrogen (secondary N) is 2. The first-order valence-corrected chi connectivity index (χ1v) is 10.3. The molecule has 29 heavy (non-hydrogen) atoms. The summed E-state index contributed by atoms with van der Waals surface area (Å²) in [6.07, 6.45) is 3.68. The summed E-state index contributed by atoms with van der Waals surface area (Å²) in [5.41, 5.74) is 4.77. The summed E-state index contributed by atoms with van der Waals surface area (Å²) in [6.45, 7) is 9.25. The van der Waals surface area contributed by atoms with Crippen LogP contribution in [-0.2, 0) is 6.42 Å². The first-order chi connectivity index (χ1) is 14.2. The quantitative estimate of drug-likeness (QED) is 0.484. The molecule has 0 saturated heterocycles. The highest BCUT2D eigenvalue weighted by molar-refractivity contribution is 5.65. The number of benzene rings is 2. The molecule has 3 aromatic rings. The number of rotatable bonds is 10. The van der Waals surface area contributed by atoms with E-state index in [0.29, 0.717) is 11.8 Å². The van der Waals surface area contributed by atoms with Gasteiger partial charge in [-0.15, -0.1) is 5.10 Å². The minimum atomic E-state index is 0.542. The third-order valence-corrected chi connectivity index (χ3v) is 4.93. The van der Waals surface area contributed by atoms with Crippen LogP contribution in [0.2, 0.25) is 0 Å². The van der Waals surface area contributed by atoms with Gasteiger partial charge in [-0.25, -0.2) is 0 Å². The molecule has 0 aliphatic rings. The molecule has 6 nitrogen and oxygen atoms in total. The summed E-state index contributed by atoms with van der Waals surface area (Å²) in [4.78, 5) is 6.87. The molecule has 0 aliphatic carbocycles. The summed E-state index contributed by atoms with van der Waals surface area (Å²) in [5, 5.41) is 14.8. The number of aromatic nitrogens is 3.